The van der Waals surface area contributed by atoms with Gasteiger partial charge in [-0.3, -0.25) is 4.79 Å². The molecule has 0 saturated carbocycles. The Hall–Kier alpha value is -4.02. The summed E-state index contributed by atoms with van der Waals surface area (Å²) in [5.74, 6) is -6.73. The van der Waals surface area contributed by atoms with Crippen LogP contribution < -0.4 is 15.5 Å². The van der Waals surface area contributed by atoms with E-state index in [2.05, 4.69) is 20.1 Å². The fourth-order valence-electron chi connectivity index (χ4n) is 5.33. The highest BCUT2D eigenvalue weighted by Crippen LogP contribution is 2.32. The highest BCUT2D eigenvalue weighted by Gasteiger charge is 2.40. The van der Waals surface area contributed by atoms with Crippen molar-refractivity contribution in [3.05, 3.63) is 59.2 Å². The quantitative estimate of drug-likeness (QED) is 0.395. The topological polar surface area (TPSA) is 118 Å². The van der Waals surface area contributed by atoms with Gasteiger partial charge in [-0.15, -0.1) is 0 Å². The molecule has 2 N–H and O–H groups in total. The molecule has 3 aromatic rings. The summed E-state index contributed by atoms with van der Waals surface area (Å²) in [7, 11) is 0. The van der Waals surface area contributed by atoms with Crippen LogP contribution >= 0.6 is 0 Å². The Morgan fingerprint density at radius 3 is 2.35 bits per heavy atom. The van der Waals surface area contributed by atoms with Crippen molar-refractivity contribution < 1.29 is 40.1 Å². The van der Waals surface area contributed by atoms with E-state index in [1.807, 2.05) is 0 Å². The van der Waals surface area contributed by atoms with E-state index >= 15 is 0 Å². The normalized spacial score (nSPS) is 20.1. The molecular formula is C26H27F7N8O2. The van der Waals surface area contributed by atoms with Crippen LogP contribution in [-0.2, 0) is 5.92 Å². The van der Waals surface area contributed by atoms with Crippen molar-refractivity contribution in [3.8, 4) is 0 Å². The Bertz CT molecular complexity index is 1440. The van der Waals surface area contributed by atoms with E-state index in [4.69, 9.17) is 10.3 Å². The summed E-state index contributed by atoms with van der Waals surface area (Å²) in [6.45, 7) is -0.389. The number of alkyl halides is 5. The Morgan fingerprint density at radius 1 is 1.07 bits per heavy atom. The molecule has 17 heteroatoms. The number of piperidine rings is 1. The molecular weight excluding hydrogens is 589 g/mol. The first-order chi connectivity index (χ1) is 20.2. The molecule has 0 spiro atoms. The van der Waals surface area contributed by atoms with Crippen molar-refractivity contribution in [2.45, 2.75) is 49.9 Å². The first kappa shape index (κ1) is 30.4. The average molecular weight is 617 g/mol. The second-order valence-corrected chi connectivity index (χ2v) is 10.7. The van der Waals surface area contributed by atoms with Gasteiger partial charge in [0.2, 0.25) is 11.8 Å². The lowest BCUT2D eigenvalue weighted by Crippen LogP contribution is -2.50. The maximum absolute atomic E-state index is 14.3. The first-order valence-corrected chi connectivity index (χ1v) is 13.3. The first-order valence-electron chi connectivity index (χ1n) is 13.3. The van der Waals surface area contributed by atoms with Gasteiger partial charge in [0.15, 0.2) is 0 Å². The molecule has 5 rings (SSSR count). The van der Waals surface area contributed by atoms with Gasteiger partial charge in [-0.2, -0.15) is 26.9 Å². The summed E-state index contributed by atoms with van der Waals surface area (Å²) < 4.78 is 100. The van der Waals surface area contributed by atoms with Crippen molar-refractivity contribution in [1.29, 1.82) is 0 Å². The van der Waals surface area contributed by atoms with Gasteiger partial charge < -0.3 is 25.0 Å². The van der Waals surface area contributed by atoms with Crippen LogP contribution in [0.15, 0.2) is 35.1 Å². The summed E-state index contributed by atoms with van der Waals surface area (Å²) >= 11 is 0. The van der Waals surface area contributed by atoms with Crippen molar-refractivity contribution in [2.24, 2.45) is 5.73 Å². The number of nitrogens with zero attached hydrogens (tertiary/aromatic N) is 7. The summed E-state index contributed by atoms with van der Waals surface area (Å²) in [5, 5.41) is 3.25. The van der Waals surface area contributed by atoms with Crippen molar-refractivity contribution in [2.75, 3.05) is 42.5 Å². The van der Waals surface area contributed by atoms with Gasteiger partial charge in [0.05, 0.1) is 5.56 Å². The van der Waals surface area contributed by atoms with Crippen LogP contribution in [0.4, 0.5) is 42.7 Å². The fourth-order valence-corrected chi connectivity index (χ4v) is 5.33. The molecule has 1 amide bonds. The number of amides is 1. The van der Waals surface area contributed by atoms with E-state index in [9.17, 15) is 35.5 Å². The molecule has 2 atom stereocenters. The lowest BCUT2D eigenvalue weighted by atomic mass is 9.94. The lowest BCUT2D eigenvalue weighted by molar-refractivity contribution is -0.145. The van der Waals surface area contributed by atoms with Crippen molar-refractivity contribution >= 4 is 17.9 Å². The SMILES string of the molecule is CC(F)(F)c1noc(N2CCC(N(CC(F)(F)F)C(=O)c3cnc(N4C[C@H](c5cc(F)ccc5F)[C@@H](N)C4)nc3)CC2)n1. The number of benzene rings is 1. The molecule has 2 aliphatic heterocycles. The van der Waals surface area contributed by atoms with E-state index in [1.54, 1.807) is 4.90 Å². The third kappa shape index (κ3) is 6.81. The number of aromatic nitrogens is 4. The van der Waals surface area contributed by atoms with Gasteiger partial charge in [0.25, 0.3) is 5.91 Å². The van der Waals surface area contributed by atoms with Crippen LogP contribution in [0, 0.1) is 11.6 Å². The van der Waals surface area contributed by atoms with Gasteiger partial charge in [-0.05, 0) is 36.6 Å². The smallest absolute Gasteiger partial charge is 0.339 e. The van der Waals surface area contributed by atoms with Crippen LogP contribution in [0.25, 0.3) is 0 Å². The Morgan fingerprint density at radius 2 is 1.74 bits per heavy atom. The molecule has 0 aliphatic carbocycles. The third-order valence-electron chi connectivity index (χ3n) is 7.48. The van der Waals surface area contributed by atoms with Crippen LogP contribution in [0.1, 0.15) is 47.4 Å². The molecule has 2 aliphatic rings. The van der Waals surface area contributed by atoms with E-state index in [0.717, 1.165) is 30.6 Å². The number of hydrogen-bond acceptors (Lipinski definition) is 9. The predicted molar refractivity (Wildman–Crippen MR) is 138 cm³/mol. The van der Waals surface area contributed by atoms with E-state index in [1.165, 1.54) is 4.90 Å². The van der Waals surface area contributed by atoms with Gasteiger partial charge in [0, 0.05) is 63.5 Å². The number of rotatable bonds is 7. The maximum atomic E-state index is 14.3. The average Bonchev–Trinajstić information content (AvgIpc) is 3.60. The Kier molecular flexibility index (Phi) is 8.20. The van der Waals surface area contributed by atoms with Crippen molar-refractivity contribution in [3.63, 3.8) is 0 Å². The number of carbonyl (C=O) groups is 1. The number of anilines is 2. The second kappa shape index (κ2) is 11.6. The molecule has 232 valence electrons. The zero-order valence-electron chi connectivity index (χ0n) is 22.7. The molecule has 2 aromatic heterocycles. The van der Waals surface area contributed by atoms with Gasteiger partial charge >= 0.3 is 18.1 Å². The summed E-state index contributed by atoms with van der Waals surface area (Å²) in [6.07, 6.45) is -2.34. The zero-order valence-corrected chi connectivity index (χ0v) is 22.7. The number of nitrogens with two attached hydrogens (primary N) is 1. The minimum absolute atomic E-state index is 0.0741. The standard InChI is InChI=1S/C26H27F7N8O2/c1-25(29,30)22-37-24(43-38-22)39-6-4-16(5-7-39)41(13-26(31,32)33)21(42)14-9-35-23(36-10-14)40-11-18(20(34)12-40)17-8-15(27)2-3-19(17)28/h2-3,8-10,16,18,20H,4-7,11-13,34H2,1H3/t18-,20+/m1/s1. The summed E-state index contributed by atoms with van der Waals surface area (Å²) in [6, 6.07) is 1.50. The highest BCUT2D eigenvalue weighted by molar-refractivity contribution is 5.94. The Labute approximate surface area is 240 Å². The second-order valence-electron chi connectivity index (χ2n) is 10.7. The molecule has 0 radical (unpaired) electrons. The van der Waals surface area contributed by atoms with Crippen LogP contribution in [0.3, 0.4) is 0 Å². The molecule has 1 aromatic carbocycles. The third-order valence-corrected chi connectivity index (χ3v) is 7.48. The van der Waals surface area contributed by atoms with Crippen LogP contribution in [0.2, 0.25) is 0 Å². The number of carbonyl (C=O) groups excluding carboxylic acids is 1. The van der Waals surface area contributed by atoms with E-state index in [-0.39, 0.29) is 62.1 Å². The minimum atomic E-state index is -4.70. The molecule has 0 unspecified atom stereocenters. The monoisotopic (exact) mass is 616 g/mol. The fraction of sp³-hybridized carbons (Fsp3) is 0.500. The largest absolute Gasteiger partial charge is 0.406 e. The summed E-state index contributed by atoms with van der Waals surface area (Å²) in [5.41, 5.74) is 6.11. The summed E-state index contributed by atoms with van der Waals surface area (Å²) in [4.78, 5) is 29.0. The highest BCUT2D eigenvalue weighted by atomic mass is 19.4. The molecule has 0 bridgehead atoms. The minimum Gasteiger partial charge on any atom is -0.339 e. The zero-order chi connectivity index (χ0) is 31.1. The maximum Gasteiger partial charge on any atom is 0.406 e. The Balaban J connectivity index is 1.27. The predicted octanol–water partition coefficient (Wildman–Crippen LogP) is 3.85. The molecule has 10 nitrogen and oxygen atoms in total. The van der Waals surface area contributed by atoms with Crippen LogP contribution in [-0.4, -0.2) is 81.9 Å². The van der Waals surface area contributed by atoms with Crippen molar-refractivity contribution in [1.82, 2.24) is 25.0 Å². The molecule has 2 saturated heterocycles. The van der Waals surface area contributed by atoms with Crippen LogP contribution in [0.5, 0.6) is 0 Å². The lowest BCUT2D eigenvalue weighted by Gasteiger charge is -2.38. The van der Waals surface area contributed by atoms with Gasteiger partial charge in [-0.1, -0.05) is 5.16 Å². The van der Waals surface area contributed by atoms with E-state index in [0.29, 0.717) is 11.8 Å². The van der Waals surface area contributed by atoms with Gasteiger partial charge in [-0.25, -0.2) is 18.7 Å². The molecule has 2 fully saturated rings. The number of halogens is 7. The van der Waals surface area contributed by atoms with Gasteiger partial charge in [0.1, 0.15) is 18.2 Å². The van der Waals surface area contributed by atoms with E-state index < -0.39 is 60.0 Å². The molecule has 4 heterocycles. The number of hydrogen-bond donors (Lipinski definition) is 1. The molecule has 43 heavy (non-hydrogen) atoms.